The fourth-order valence-corrected chi connectivity index (χ4v) is 3.29. The summed E-state index contributed by atoms with van der Waals surface area (Å²) in [5.74, 6) is 0.366. The largest absolute Gasteiger partial charge is 0.378 e. The van der Waals surface area contributed by atoms with Gasteiger partial charge < -0.3 is 24.6 Å². The Morgan fingerprint density at radius 1 is 0.958 bits per heavy atom. The summed E-state index contributed by atoms with van der Waals surface area (Å²) in [5.41, 5.74) is 3.23. The first-order valence-electron chi connectivity index (χ1n) is 8.91. The molecule has 0 bridgehead atoms. The molecule has 2 saturated heterocycles. The number of rotatable bonds is 4. The second kappa shape index (κ2) is 6.99. The Bertz CT molecular complexity index is 591. The molecular weight excluding hydrogens is 306 g/mol. The van der Waals surface area contributed by atoms with E-state index in [2.05, 4.69) is 33.3 Å². The first kappa shape index (κ1) is 15.7. The molecule has 1 N–H and O–H groups in total. The van der Waals surface area contributed by atoms with E-state index >= 15 is 0 Å². The van der Waals surface area contributed by atoms with Crippen molar-refractivity contribution in [2.45, 2.75) is 12.8 Å². The van der Waals surface area contributed by atoms with Crippen LogP contribution in [-0.4, -0.2) is 58.5 Å². The number of nitrogens with one attached hydrogen (secondary N) is 1. The van der Waals surface area contributed by atoms with Crippen molar-refractivity contribution in [2.75, 3.05) is 67.7 Å². The third kappa shape index (κ3) is 3.49. The van der Waals surface area contributed by atoms with Crippen LogP contribution in [0.25, 0.3) is 0 Å². The summed E-state index contributed by atoms with van der Waals surface area (Å²) in [6, 6.07) is 6.37. The van der Waals surface area contributed by atoms with Gasteiger partial charge in [0.05, 0.1) is 37.8 Å². The van der Waals surface area contributed by atoms with Crippen molar-refractivity contribution in [3.63, 3.8) is 0 Å². The predicted octanol–water partition coefficient (Wildman–Crippen LogP) is 1.71. The maximum absolute atomic E-state index is 12.2. The van der Waals surface area contributed by atoms with E-state index in [4.69, 9.17) is 9.47 Å². The van der Waals surface area contributed by atoms with Gasteiger partial charge in [0.15, 0.2) is 0 Å². The number of carbonyl (C=O) groups excluding carboxylic acids is 1. The molecule has 2 heterocycles. The lowest BCUT2D eigenvalue weighted by Crippen LogP contribution is -2.38. The minimum atomic E-state index is 0.156. The van der Waals surface area contributed by atoms with Crippen LogP contribution in [0.3, 0.4) is 0 Å². The zero-order chi connectivity index (χ0) is 16.4. The number of anilines is 3. The van der Waals surface area contributed by atoms with Gasteiger partial charge in [0.1, 0.15) is 0 Å². The molecule has 3 aliphatic rings. The van der Waals surface area contributed by atoms with Crippen LogP contribution < -0.4 is 15.1 Å². The van der Waals surface area contributed by atoms with Gasteiger partial charge >= 0.3 is 0 Å². The molecule has 6 heteroatoms. The van der Waals surface area contributed by atoms with Gasteiger partial charge in [-0.05, 0) is 31.0 Å². The first-order valence-corrected chi connectivity index (χ1v) is 8.91. The van der Waals surface area contributed by atoms with Crippen molar-refractivity contribution in [2.24, 2.45) is 5.92 Å². The van der Waals surface area contributed by atoms with Crippen LogP contribution in [0.1, 0.15) is 12.8 Å². The monoisotopic (exact) mass is 331 g/mol. The van der Waals surface area contributed by atoms with Crippen LogP contribution in [0, 0.1) is 5.92 Å². The Morgan fingerprint density at radius 3 is 2.21 bits per heavy atom. The summed E-state index contributed by atoms with van der Waals surface area (Å²) in [6.07, 6.45) is 2.04. The lowest BCUT2D eigenvalue weighted by molar-refractivity contribution is -0.117. The average molecular weight is 331 g/mol. The molecule has 1 saturated carbocycles. The fraction of sp³-hybridized carbons (Fsp3) is 0.611. The van der Waals surface area contributed by atoms with E-state index in [1.807, 2.05) is 0 Å². The lowest BCUT2D eigenvalue weighted by Gasteiger charge is -2.33. The Balaban J connectivity index is 1.59. The summed E-state index contributed by atoms with van der Waals surface area (Å²) in [4.78, 5) is 16.9. The van der Waals surface area contributed by atoms with E-state index in [-0.39, 0.29) is 11.8 Å². The van der Waals surface area contributed by atoms with Crippen molar-refractivity contribution >= 4 is 23.0 Å². The molecule has 0 radical (unpaired) electrons. The zero-order valence-electron chi connectivity index (χ0n) is 14.0. The molecule has 4 rings (SSSR count). The van der Waals surface area contributed by atoms with Crippen LogP contribution in [0.5, 0.6) is 0 Å². The number of hydrogen-bond donors (Lipinski definition) is 1. The van der Waals surface area contributed by atoms with Crippen molar-refractivity contribution in [1.82, 2.24) is 0 Å². The molecule has 1 aromatic rings. The van der Waals surface area contributed by atoms with Gasteiger partial charge in [0.25, 0.3) is 0 Å². The second-order valence-electron chi connectivity index (χ2n) is 6.66. The zero-order valence-corrected chi connectivity index (χ0v) is 14.0. The molecule has 0 aromatic heterocycles. The number of hydrogen-bond acceptors (Lipinski definition) is 5. The molecule has 1 amide bonds. The summed E-state index contributed by atoms with van der Waals surface area (Å²) in [6.45, 7) is 6.56. The molecule has 0 unspecified atom stereocenters. The average Bonchev–Trinajstić information content (AvgIpc) is 3.49. The van der Waals surface area contributed by atoms with Crippen LogP contribution in [0.15, 0.2) is 18.2 Å². The third-order valence-electron chi connectivity index (χ3n) is 4.92. The van der Waals surface area contributed by atoms with Crippen LogP contribution in [0.4, 0.5) is 17.1 Å². The lowest BCUT2D eigenvalue weighted by atomic mass is 10.1. The number of morpholine rings is 2. The molecule has 130 valence electrons. The highest BCUT2D eigenvalue weighted by atomic mass is 16.5. The molecule has 2 aliphatic heterocycles. The van der Waals surface area contributed by atoms with Gasteiger partial charge in [-0.3, -0.25) is 4.79 Å². The topological polar surface area (TPSA) is 54.0 Å². The van der Waals surface area contributed by atoms with Crippen molar-refractivity contribution in [3.8, 4) is 0 Å². The van der Waals surface area contributed by atoms with Crippen LogP contribution >= 0.6 is 0 Å². The SMILES string of the molecule is O=C(Nc1ccc(N2CCOCC2)cc1N1CCOCC1)C1CC1. The van der Waals surface area contributed by atoms with Crippen molar-refractivity contribution < 1.29 is 14.3 Å². The quantitative estimate of drug-likeness (QED) is 0.910. The van der Waals surface area contributed by atoms with Crippen LogP contribution in [0.2, 0.25) is 0 Å². The highest BCUT2D eigenvalue weighted by Crippen LogP contribution is 2.35. The molecule has 1 aliphatic carbocycles. The number of ether oxygens (including phenoxy) is 2. The second-order valence-corrected chi connectivity index (χ2v) is 6.66. The van der Waals surface area contributed by atoms with E-state index in [9.17, 15) is 4.79 Å². The maximum atomic E-state index is 12.2. The Labute approximate surface area is 142 Å². The summed E-state index contributed by atoms with van der Waals surface area (Å²) >= 11 is 0. The number of amides is 1. The number of benzene rings is 1. The van der Waals surface area contributed by atoms with E-state index in [0.29, 0.717) is 0 Å². The van der Waals surface area contributed by atoms with Gasteiger partial charge in [0, 0.05) is 37.8 Å². The van der Waals surface area contributed by atoms with E-state index in [1.54, 1.807) is 0 Å². The van der Waals surface area contributed by atoms with Gasteiger partial charge in [-0.25, -0.2) is 0 Å². The smallest absolute Gasteiger partial charge is 0.227 e. The highest BCUT2D eigenvalue weighted by Gasteiger charge is 2.30. The number of nitrogens with zero attached hydrogens (tertiary/aromatic N) is 2. The van der Waals surface area contributed by atoms with Gasteiger partial charge in [0.2, 0.25) is 5.91 Å². The highest BCUT2D eigenvalue weighted by molar-refractivity contribution is 5.97. The van der Waals surface area contributed by atoms with E-state index in [1.165, 1.54) is 5.69 Å². The summed E-state index contributed by atoms with van der Waals surface area (Å²) in [7, 11) is 0. The van der Waals surface area contributed by atoms with E-state index in [0.717, 1.165) is 76.8 Å². The molecular formula is C18H25N3O3. The standard InChI is InChI=1S/C18H25N3O3/c22-18(14-1-2-14)19-16-4-3-15(20-5-9-23-10-6-20)13-17(16)21-7-11-24-12-8-21/h3-4,13-14H,1-2,5-12H2,(H,19,22). The Morgan fingerprint density at radius 2 is 1.58 bits per heavy atom. The van der Waals surface area contributed by atoms with E-state index < -0.39 is 0 Å². The molecule has 1 aromatic carbocycles. The molecule has 0 atom stereocenters. The minimum absolute atomic E-state index is 0.156. The summed E-state index contributed by atoms with van der Waals surface area (Å²) in [5, 5.41) is 3.14. The molecule has 0 spiro atoms. The predicted molar refractivity (Wildman–Crippen MR) is 93.9 cm³/mol. The van der Waals surface area contributed by atoms with Gasteiger partial charge in [-0.1, -0.05) is 0 Å². The molecule has 6 nitrogen and oxygen atoms in total. The van der Waals surface area contributed by atoms with Gasteiger partial charge in [-0.2, -0.15) is 0 Å². The fourth-order valence-electron chi connectivity index (χ4n) is 3.29. The molecule has 3 fully saturated rings. The van der Waals surface area contributed by atoms with Crippen molar-refractivity contribution in [3.05, 3.63) is 18.2 Å². The number of carbonyl (C=O) groups is 1. The Kier molecular flexibility index (Phi) is 4.58. The third-order valence-corrected chi connectivity index (χ3v) is 4.92. The van der Waals surface area contributed by atoms with Crippen LogP contribution in [-0.2, 0) is 14.3 Å². The normalized spacial score (nSPS) is 21.7. The van der Waals surface area contributed by atoms with Gasteiger partial charge in [-0.15, -0.1) is 0 Å². The molecule has 24 heavy (non-hydrogen) atoms. The van der Waals surface area contributed by atoms with Crippen molar-refractivity contribution in [1.29, 1.82) is 0 Å². The maximum Gasteiger partial charge on any atom is 0.227 e. The minimum Gasteiger partial charge on any atom is -0.378 e. The summed E-state index contributed by atoms with van der Waals surface area (Å²) < 4.78 is 10.9. The Hall–Kier alpha value is -1.79. The first-order chi connectivity index (χ1) is 11.8.